The summed E-state index contributed by atoms with van der Waals surface area (Å²) < 4.78 is 19.4. The zero-order valence-corrected chi connectivity index (χ0v) is 19.6. The highest BCUT2D eigenvalue weighted by Gasteiger charge is 2.13. The largest absolute Gasteiger partial charge is 0.490 e. The lowest BCUT2D eigenvalue weighted by Crippen LogP contribution is -2.26. The third kappa shape index (κ3) is 6.80. The standard InChI is InChI=1S/C24H29FN4O3S/c1-15-11-17(12-16(2)22(15)32-14-18(30)13-26)24-29-28-21(33-24)9-5-6-10-27-23(31)19-7-3-4-8-20(19)25/h3-4,7-8,11-12,18,30H,5-6,9-10,13-14,26H2,1-2H3,(H,27,31). The number of benzene rings is 2. The lowest BCUT2D eigenvalue weighted by molar-refractivity contribution is 0.0949. The Balaban J connectivity index is 1.49. The number of hydrogen-bond acceptors (Lipinski definition) is 7. The molecule has 0 spiro atoms. The zero-order valence-electron chi connectivity index (χ0n) is 18.8. The monoisotopic (exact) mass is 472 g/mol. The SMILES string of the molecule is Cc1cc(-c2nnc(CCCCNC(=O)c3ccccc3F)s2)cc(C)c1OCC(O)CN. The van der Waals surface area contributed by atoms with E-state index in [1.54, 1.807) is 12.1 Å². The Hall–Kier alpha value is -2.88. The number of nitrogens with two attached hydrogens (primary N) is 1. The number of unbranched alkanes of at least 4 members (excludes halogenated alkanes) is 1. The molecule has 0 fully saturated rings. The number of nitrogens with zero attached hydrogens (tertiary/aromatic N) is 2. The van der Waals surface area contributed by atoms with E-state index in [4.69, 9.17) is 10.5 Å². The Labute approximate surface area is 196 Å². The van der Waals surface area contributed by atoms with Crippen molar-refractivity contribution in [1.82, 2.24) is 15.5 Å². The van der Waals surface area contributed by atoms with Crippen LogP contribution < -0.4 is 15.8 Å². The van der Waals surface area contributed by atoms with Gasteiger partial charge in [-0.25, -0.2) is 4.39 Å². The fourth-order valence-corrected chi connectivity index (χ4v) is 4.23. The van der Waals surface area contributed by atoms with Gasteiger partial charge >= 0.3 is 0 Å². The number of nitrogens with one attached hydrogen (secondary N) is 1. The second-order valence-corrected chi connectivity index (χ2v) is 8.90. The van der Waals surface area contributed by atoms with Crippen molar-refractivity contribution in [3.05, 3.63) is 63.9 Å². The Morgan fingerprint density at radius 2 is 1.94 bits per heavy atom. The van der Waals surface area contributed by atoms with Gasteiger partial charge in [-0.2, -0.15) is 0 Å². The van der Waals surface area contributed by atoms with Crippen LogP contribution in [0.3, 0.4) is 0 Å². The summed E-state index contributed by atoms with van der Waals surface area (Å²) in [6.45, 7) is 4.69. The lowest BCUT2D eigenvalue weighted by Gasteiger charge is -2.15. The van der Waals surface area contributed by atoms with Gasteiger partial charge in [0, 0.05) is 25.1 Å². The summed E-state index contributed by atoms with van der Waals surface area (Å²) in [6, 6.07) is 9.94. The van der Waals surface area contributed by atoms with Crippen LogP contribution in [-0.4, -0.2) is 47.0 Å². The maximum atomic E-state index is 13.6. The van der Waals surface area contributed by atoms with Crippen molar-refractivity contribution in [2.24, 2.45) is 5.73 Å². The van der Waals surface area contributed by atoms with Gasteiger partial charge in [-0.05, 0) is 62.1 Å². The van der Waals surface area contributed by atoms with Crippen molar-refractivity contribution in [3.63, 3.8) is 0 Å². The average molecular weight is 473 g/mol. The molecular weight excluding hydrogens is 443 g/mol. The first-order valence-electron chi connectivity index (χ1n) is 10.9. The number of aliphatic hydroxyl groups is 1. The van der Waals surface area contributed by atoms with Gasteiger partial charge in [-0.15, -0.1) is 10.2 Å². The summed E-state index contributed by atoms with van der Waals surface area (Å²) in [4.78, 5) is 12.0. The highest BCUT2D eigenvalue weighted by Crippen LogP contribution is 2.32. The first-order chi connectivity index (χ1) is 15.9. The molecule has 1 amide bonds. The topological polar surface area (TPSA) is 110 Å². The van der Waals surface area contributed by atoms with Gasteiger partial charge in [-0.1, -0.05) is 23.5 Å². The molecule has 3 rings (SSSR count). The third-order valence-electron chi connectivity index (χ3n) is 5.09. The zero-order chi connectivity index (χ0) is 23.8. The highest BCUT2D eigenvalue weighted by atomic mass is 32.1. The summed E-state index contributed by atoms with van der Waals surface area (Å²) in [5.41, 5.74) is 8.37. The molecule has 1 unspecified atom stereocenters. The molecule has 1 heterocycles. The minimum Gasteiger partial charge on any atom is -0.490 e. The fraction of sp³-hybridized carbons (Fsp3) is 0.375. The van der Waals surface area contributed by atoms with E-state index >= 15 is 0 Å². The molecular formula is C24H29FN4O3S. The molecule has 0 aliphatic carbocycles. The first kappa shape index (κ1) is 24.8. The molecule has 0 bridgehead atoms. The summed E-state index contributed by atoms with van der Waals surface area (Å²) in [5.74, 6) is -0.176. The Bertz CT molecular complexity index is 1070. The predicted octanol–water partition coefficient (Wildman–Crippen LogP) is 3.41. The van der Waals surface area contributed by atoms with Crippen LogP contribution in [0.2, 0.25) is 0 Å². The normalized spacial score (nSPS) is 11.9. The second kappa shape index (κ2) is 11.8. The van der Waals surface area contributed by atoms with Crippen molar-refractivity contribution in [2.75, 3.05) is 19.7 Å². The van der Waals surface area contributed by atoms with Crippen LogP contribution in [0.15, 0.2) is 36.4 Å². The van der Waals surface area contributed by atoms with E-state index in [9.17, 15) is 14.3 Å². The third-order valence-corrected chi connectivity index (χ3v) is 6.12. The van der Waals surface area contributed by atoms with E-state index in [-0.39, 0.29) is 18.7 Å². The molecule has 1 atom stereocenters. The number of amides is 1. The van der Waals surface area contributed by atoms with Crippen LogP contribution in [-0.2, 0) is 6.42 Å². The van der Waals surface area contributed by atoms with E-state index in [1.807, 2.05) is 26.0 Å². The van der Waals surface area contributed by atoms with Crippen LogP contribution in [0.5, 0.6) is 5.75 Å². The van der Waals surface area contributed by atoms with Gasteiger partial charge in [-0.3, -0.25) is 4.79 Å². The lowest BCUT2D eigenvalue weighted by atomic mass is 10.1. The molecule has 7 nitrogen and oxygen atoms in total. The smallest absolute Gasteiger partial charge is 0.254 e. The quantitative estimate of drug-likeness (QED) is 0.369. The fourth-order valence-electron chi connectivity index (χ4n) is 3.36. The number of aromatic nitrogens is 2. The molecule has 176 valence electrons. The molecule has 4 N–H and O–H groups in total. The second-order valence-electron chi connectivity index (χ2n) is 7.83. The van der Waals surface area contributed by atoms with Crippen molar-refractivity contribution >= 4 is 17.2 Å². The molecule has 0 saturated carbocycles. The van der Waals surface area contributed by atoms with Gasteiger partial charge in [0.2, 0.25) is 0 Å². The number of hydrogen-bond donors (Lipinski definition) is 3. The molecule has 0 aliphatic heterocycles. The Morgan fingerprint density at radius 1 is 1.21 bits per heavy atom. The molecule has 0 saturated heterocycles. The van der Waals surface area contributed by atoms with Gasteiger partial charge in [0.25, 0.3) is 5.91 Å². The number of aryl methyl sites for hydroxylation is 3. The van der Waals surface area contributed by atoms with E-state index in [2.05, 4.69) is 15.5 Å². The van der Waals surface area contributed by atoms with Gasteiger partial charge < -0.3 is 20.9 Å². The number of halogens is 1. The van der Waals surface area contributed by atoms with Crippen molar-refractivity contribution in [1.29, 1.82) is 0 Å². The van der Waals surface area contributed by atoms with Crippen molar-refractivity contribution in [2.45, 2.75) is 39.2 Å². The number of rotatable bonds is 11. The average Bonchev–Trinajstić information content (AvgIpc) is 3.27. The molecule has 2 aromatic carbocycles. The van der Waals surface area contributed by atoms with Crippen LogP contribution in [0.25, 0.3) is 10.6 Å². The molecule has 0 aliphatic rings. The van der Waals surface area contributed by atoms with E-state index < -0.39 is 17.8 Å². The number of carbonyl (C=O) groups is 1. The van der Waals surface area contributed by atoms with Gasteiger partial charge in [0.15, 0.2) is 0 Å². The number of aliphatic hydroxyl groups excluding tert-OH is 1. The minimum atomic E-state index is -0.693. The highest BCUT2D eigenvalue weighted by molar-refractivity contribution is 7.14. The van der Waals surface area contributed by atoms with E-state index in [1.165, 1.54) is 23.5 Å². The van der Waals surface area contributed by atoms with Crippen LogP contribution >= 0.6 is 11.3 Å². The van der Waals surface area contributed by atoms with Gasteiger partial charge in [0.05, 0.1) is 5.56 Å². The van der Waals surface area contributed by atoms with Gasteiger partial charge in [0.1, 0.15) is 34.3 Å². The summed E-state index contributed by atoms with van der Waals surface area (Å²) in [6.07, 6.45) is 1.65. The van der Waals surface area contributed by atoms with E-state index in [0.29, 0.717) is 6.54 Å². The minimum absolute atomic E-state index is 0.0591. The molecule has 0 radical (unpaired) electrons. The van der Waals surface area contributed by atoms with Crippen LogP contribution in [0.1, 0.15) is 39.3 Å². The maximum Gasteiger partial charge on any atom is 0.254 e. The molecule has 9 heteroatoms. The number of ether oxygens (including phenoxy) is 1. The first-order valence-corrected chi connectivity index (χ1v) is 11.7. The summed E-state index contributed by atoms with van der Waals surface area (Å²) in [5, 5.41) is 22.7. The van der Waals surface area contributed by atoms with Crippen LogP contribution in [0, 0.1) is 19.7 Å². The molecule has 3 aromatic rings. The van der Waals surface area contributed by atoms with Crippen molar-refractivity contribution < 1.29 is 19.0 Å². The number of carbonyl (C=O) groups excluding carboxylic acids is 1. The summed E-state index contributed by atoms with van der Waals surface area (Å²) >= 11 is 1.54. The molecule has 33 heavy (non-hydrogen) atoms. The summed E-state index contributed by atoms with van der Waals surface area (Å²) in [7, 11) is 0. The Morgan fingerprint density at radius 3 is 2.64 bits per heavy atom. The van der Waals surface area contributed by atoms with Crippen LogP contribution in [0.4, 0.5) is 4.39 Å². The predicted molar refractivity (Wildman–Crippen MR) is 127 cm³/mol. The Kier molecular flexibility index (Phi) is 8.87. The molecule has 1 aromatic heterocycles. The van der Waals surface area contributed by atoms with Crippen molar-refractivity contribution in [3.8, 4) is 16.3 Å². The maximum absolute atomic E-state index is 13.6. The van der Waals surface area contributed by atoms with E-state index in [0.717, 1.165) is 51.7 Å².